The summed E-state index contributed by atoms with van der Waals surface area (Å²) < 4.78 is 32.7. The largest absolute Gasteiger partial charge is 0.394 e. The van der Waals surface area contributed by atoms with Gasteiger partial charge in [-0.15, -0.1) is 0 Å². The molecule has 2 aromatic heterocycles. The first-order valence-corrected chi connectivity index (χ1v) is 10.2. The summed E-state index contributed by atoms with van der Waals surface area (Å²) in [6.07, 6.45) is -0.782. The Morgan fingerprint density at radius 2 is 2.13 bits per heavy atom. The van der Waals surface area contributed by atoms with Gasteiger partial charge in [-0.2, -0.15) is 10.4 Å². The zero-order valence-corrected chi connectivity index (χ0v) is 17.1. The van der Waals surface area contributed by atoms with Gasteiger partial charge in [0.15, 0.2) is 22.8 Å². The quantitative estimate of drug-likeness (QED) is 0.700. The summed E-state index contributed by atoms with van der Waals surface area (Å²) in [4.78, 5) is 4.37. The number of hydrogen-bond acceptors (Lipinski definition) is 8. The molecule has 3 fully saturated rings. The zero-order chi connectivity index (χ0) is 21.2. The van der Waals surface area contributed by atoms with Crippen molar-refractivity contribution in [1.82, 2.24) is 14.8 Å². The third-order valence-electron chi connectivity index (χ3n) is 5.79. The molecule has 2 aliphatic heterocycles. The highest BCUT2D eigenvalue weighted by Gasteiger charge is 2.56. The molecular weight excluding hydrogens is 417 g/mol. The minimum atomic E-state index is -0.842. The van der Waals surface area contributed by atoms with Crippen molar-refractivity contribution < 1.29 is 23.7 Å². The van der Waals surface area contributed by atoms with Crippen molar-refractivity contribution in [2.45, 2.75) is 69.2 Å². The number of ether oxygens (including phenoxy) is 3. The van der Waals surface area contributed by atoms with E-state index in [4.69, 9.17) is 25.8 Å². The normalized spacial score (nSPS) is 34.5. The summed E-state index contributed by atoms with van der Waals surface area (Å²) in [7, 11) is 0. The Morgan fingerprint density at radius 1 is 1.40 bits per heavy atom. The van der Waals surface area contributed by atoms with Crippen molar-refractivity contribution in [2.24, 2.45) is 0 Å². The number of aliphatic hydroxyl groups is 1. The van der Waals surface area contributed by atoms with Crippen molar-refractivity contribution in [3.05, 3.63) is 16.9 Å². The Labute approximate surface area is 176 Å². The van der Waals surface area contributed by atoms with Gasteiger partial charge in [-0.05, 0) is 26.7 Å². The lowest BCUT2D eigenvalue weighted by molar-refractivity contribution is -0.201. The van der Waals surface area contributed by atoms with Gasteiger partial charge in [0.05, 0.1) is 23.9 Å². The molecule has 0 aromatic carbocycles. The fourth-order valence-electron chi connectivity index (χ4n) is 4.34. The molecule has 0 radical (unpaired) electrons. The molecule has 11 heteroatoms. The van der Waals surface area contributed by atoms with E-state index in [1.807, 2.05) is 0 Å². The average molecular weight is 438 g/mol. The number of hydrogen-bond donors (Lipinski definition) is 2. The van der Waals surface area contributed by atoms with E-state index in [-0.39, 0.29) is 23.4 Å². The summed E-state index contributed by atoms with van der Waals surface area (Å²) in [5.74, 6) is -0.827. The van der Waals surface area contributed by atoms with Crippen LogP contribution in [0, 0.1) is 11.3 Å². The van der Waals surface area contributed by atoms with Crippen molar-refractivity contribution in [2.75, 3.05) is 11.9 Å². The standard InChI is InChI=1S/C19H21ClFN5O4/c1-19(2)29-14-12(7-27)28-18(15(14)30-19)26-17-11(6-23-26)13(10(5-22)16(20)25-17)24-9-3-8(21)4-9/h6,8-9,12,14-15,18,27H,3-4,7H2,1-2H3,(H,24,25)/t8?,9?,12-,14-,15-,18-/m1/s1. The highest BCUT2D eigenvalue weighted by atomic mass is 35.5. The monoisotopic (exact) mass is 437 g/mol. The summed E-state index contributed by atoms with van der Waals surface area (Å²) in [6, 6.07) is 1.98. The number of aromatic nitrogens is 3. The SMILES string of the molecule is CC1(C)O[C@@H]2[C@H](O1)[C@@H](CO)O[C@H]2n1ncc2c(NC3CC(F)C3)c(C#N)c(Cl)nc21. The Hall–Kier alpha value is -2.03. The molecule has 9 nitrogen and oxygen atoms in total. The molecule has 0 spiro atoms. The minimum absolute atomic E-state index is 0.0162. The second kappa shape index (κ2) is 7.00. The van der Waals surface area contributed by atoms with Crippen LogP contribution in [0.25, 0.3) is 11.0 Å². The number of pyridine rings is 1. The lowest BCUT2D eigenvalue weighted by atomic mass is 9.90. The molecule has 0 bridgehead atoms. The van der Waals surface area contributed by atoms with Crippen LogP contribution in [0.1, 0.15) is 38.5 Å². The molecule has 0 amide bonds. The van der Waals surface area contributed by atoms with Gasteiger partial charge in [0.25, 0.3) is 0 Å². The van der Waals surface area contributed by atoms with Crippen LogP contribution in [0.5, 0.6) is 0 Å². The van der Waals surface area contributed by atoms with Gasteiger partial charge < -0.3 is 24.6 Å². The maximum Gasteiger partial charge on any atom is 0.181 e. The van der Waals surface area contributed by atoms with E-state index in [1.165, 1.54) is 4.68 Å². The molecule has 30 heavy (non-hydrogen) atoms. The molecule has 1 aliphatic carbocycles. The van der Waals surface area contributed by atoms with Gasteiger partial charge in [-0.1, -0.05) is 11.6 Å². The molecule has 160 valence electrons. The third kappa shape index (κ3) is 3.04. The topological polar surface area (TPSA) is 114 Å². The van der Waals surface area contributed by atoms with Gasteiger partial charge in [0.1, 0.15) is 36.1 Å². The molecule has 4 heterocycles. The molecule has 2 aromatic rings. The van der Waals surface area contributed by atoms with Gasteiger partial charge in [0.2, 0.25) is 0 Å². The Morgan fingerprint density at radius 3 is 2.80 bits per heavy atom. The molecule has 2 N–H and O–H groups in total. The summed E-state index contributed by atoms with van der Waals surface area (Å²) >= 11 is 6.30. The van der Waals surface area contributed by atoms with Crippen molar-refractivity contribution in [1.29, 1.82) is 5.26 Å². The van der Waals surface area contributed by atoms with E-state index < -0.39 is 36.5 Å². The molecular formula is C19H21ClFN5O4. The summed E-state index contributed by atoms with van der Waals surface area (Å²) in [5.41, 5.74) is 1.06. The number of anilines is 1. The minimum Gasteiger partial charge on any atom is -0.394 e. The van der Waals surface area contributed by atoms with Crippen LogP contribution in [0.3, 0.4) is 0 Å². The number of fused-ring (bicyclic) bond motifs is 2. The molecule has 4 atom stereocenters. The van der Waals surface area contributed by atoms with Crippen LogP contribution in [0.15, 0.2) is 6.20 Å². The second-order valence-corrected chi connectivity index (χ2v) is 8.67. The van der Waals surface area contributed by atoms with Crippen LogP contribution in [0.4, 0.5) is 10.1 Å². The number of rotatable bonds is 4. The Balaban J connectivity index is 1.56. The van der Waals surface area contributed by atoms with Gasteiger partial charge in [-0.3, -0.25) is 0 Å². The van der Waals surface area contributed by atoms with E-state index in [0.29, 0.717) is 29.6 Å². The van der Waals surface area contributed by atoms with E-state index in [0.717, 1.165) is 0 Å². The number of nitrogens with one attached hydrogen (secondary N) is 1. The Kier molecular flexibility index (Phi) is 4.65. The number of nitrogens with zero attached hydrogens (tertiary/aromatic N) is 4. The number of halogens is 2. The van der Waals surface area contributed by atoms with E-state index in [1.54, 1.807) is 20.0 Å². The first-order chi connectivity index (χ1) is 14.3. The second-order valence-electron chi connectivity index (χ2n) is 8.31. The van der Waals surface area contributed by atoms with Crippen molar-refractivity contribution >= 4 is 28.3 Å². The smallest absolute Gasteiger partial charge is 0.181 e. The highest BCUT2D eigenvalue weighted by molar-refractivity contribution is 6.31. The van der Waals surface area contributed by atoms with Gasteiger partial charge in [0, 0.05) is 6.04 Å². The van der Waals surface area contributed by atoms with Crippen molar-refractivity contribution in [3.63, 3.8) is 0 Å². The highest BCUT2D eigenvalue weighted by Crippen LogP contribution is 2.44. The van der Waals surface area contributed by atoms with E-state index in [9.17, 15) is 14.8 Å². The fraction of sp³-hybridized carbons (Fsp3) is 0.632. The van der Waals surface area contributed by atoms with Crippen LogP contribution in [0.2, 0.25) is 5.15 Å². The van der Waals surface area contributed by atoms with Crippen LogP contribution < -0.4 is 5.32 Å². The summed E-state index contributed by atoms with van der Waals surface area (Å²) in [5, 5.41) is 27.5. The van der Waals surface area contributed by atoms with Crippen LogP contribution >= 0.6 is 11.6 Å². The maximum absolute atomic E-state index is 13.3. The average Bonchev–Trinajstić information content (AvgIpc) is 3.30. The van der Waals surface area contributed by atoms with Gasteiger partial charge in [-0.25, -0.2) is 14.1 Å². The maximum atomic E-state index is 13.3. The lowest BCUT2D eigenvalue weighted by Gasteiger charge is -2.31. The predicted octanol–water partition coefficient (Wildman–Crippen LogP) is 2.28. The van der Waals surface area contributed by atoms with E-state index >= 15 is 0 Å². The molecule has 3 aliphatic rings. The lowest BCUT2D eigenvalue weighted by Crippen LogP contribution is -2.36. The molecule has 0 unspecified atom stereocenters. The third-order valence-corrected chi connectivity index (χ3v) is 6.06. The number of alkyl halides is 1. The molecule has 1 saturated carbocycles. The first kappa shape index (κ1) is 19.9. The summed E-state index contributed by atoms with van der Waals surface area (Å²) in [6.45, 7) is 3.36. The number of aliphatic hydroxyl groups excluding tert-OH is 1. The van der Waals surface area contributed by atoms with E-state index in [2.05, 4.69) is 21.5 Å². The molecule has 2 saturated heterocycles. The van der Waals surface area contributed by atoms with Crippen molar-refractivity contribution in [3.8, 4) is 6.07 Å². The first-order valence-electron chi connectivity index (χ1n) is 9.80. The zero-order valence-electron chi connectivity index (χ0n) is 16.4. The predicted molar refractivity (Wildman–Crippen MR) is 104 cm³/mol. The fourth-order valence-corrected chi connectivity index (χ4v) is 4.56. The Bertz CT molecular complexity index is 1030. The van der Waals surface area contributed by atoms with Crippen LogP contribution in [-0.2, 0) is 14.2 Å². The number of nitriles is 1. The van der Waals surface area contributed by atoms with Gasteiger partial charge >= 0.3 is 0 Å². The van der Waals surface area contributed by atoms with Crippen LogP contribution in [-0.4, -0.2) is 62.8 Å². The molecule has 5 rings (SSSR count).